The minimum absolute atomic E-state index is 0.285. The second kappa shape index (κ2) is 2.99. The van der Waals surface area contributed by atoms with E-state index in [1.807, 2.05) is 0 Å². The van der Waals surface area contributed by atoms with Crippen LogP contribution in [0.4, 0.5) is 4.39 Å². The van der Waals surface area contributed by atoms with Gasteiger partial charge in [-0.3, -0.25) is 4.79 Å². The Bertz CT molecular complexity index is 128. The molecular weight excluding hydrogens is 134 g/mol. The molecule has 0 radical (unpaired) electrons. The number of hydrogen-bond donors (Lipinski definition) is 1. The molecular formula is C7H11FO2. The summed E-state index contributed by atoms with van der Waals surface area (Å²) >= 11 is 0. The Kier molecular flexibility index (Phi) is 2.25. The molecule has 0 aromatic carbocycles. The molecule has 0 bridgehead atoms. The smallest absolute Gasteiger partial charge is 0.306 e. The third-order valence-electron chi connectivity index (χ3n) is 2.01. The zero-order chi connectivity index (χ0) is 7.56. The highest BCUT2D eigenvalue weighted by molar-refractivity contribution is 5.69. The first-order chi connectivity index (χ1) is 4.70. The monoisotopic (exact) mass is 145 g/mol. The molecule has 0 atom stereocenters. The molecule has 0 aromatic heterocycles. The van der Waals surface area contributed by atoms with Crippen LogP contribution in [-0.4, -0.2) is 17.2 Å². The normalized spacial score (nSPS) is 33.7. The van der Waals surface area contributed by atoms with Crippen molar-refractivity contribution >= 4 is 5.97 Å². The Labute approximate surface area is 59.0 Å². The van der Waals surface area contributed by atoms with Gasteiger partial charge in [0.1, 0.15) is 6.17 Å². The molecule has 1 rings (SSSR count). The van der Waals surface area contributed by atoms with Gasteiger partial charge in [0.2, 0.25) is 0 Å². The summed E-state index contributed by atoms with van der Waals surface area (Å²) in [5.74, 6) is -1.06. The van der Waals surface area contributed by atoms with Gasteiger partial charge in [-0.15, -0.1) is 0 Å². The SMILES string of the molecule is O=C(O)C1CCC([18F])CC1. The Hall–Kier alpha value is -0.600. The number of carboxylic acid groups (broad SMARTS) is 1. The van der Waals surface area contributed by atoms with Gasteiger partial charge in [0.25, 0.3) is 0 Å². The minimum Gasteiger partial charge on any atom is -0.481 e. The van der Waals surface area contributed by atoms with Gasteiger partial charge in [-0.2, -0.15) is 0 Å². The first kappa shape index (κ1) is 7.51. The van der Waals surface area contributed by atoms with Gasteiger partial charge < -0.3 is 5.11 Å². The van der Waals surface area contributed by atoms with Crippen molar-refractivity contribution in [2.75, 3.05) is 0 Å². The zero-order valence-electron chi connectivity index (χ0n) is 5.72. The molecule has 0 spiro atoms. The van der Waals surface area contributed by atoms with Crippen molar-refractivity contribution in [1.29, 1.82) is 0 Å². The number of rotatable bonds is 1. The van der Waals surface area contributed by atoms with E-state index in [-0.39, 0.29) is 5.92 Å². The molecule has 0 heterocycles. The van der Waals surface area contributed by atoms with Crippen LogP contribution < -0.4 is 0 Å². The van der Waals surface area contributed by atoms with E-state index in [1.165, 1.54) is 0 Å². The van der Waals surface area contributed by atoms with Crippen LogP contribution in [0.1, 0.15) is 25.7 Å². The van der Waals surface area contributed by atoms with E-state index in [0.717, 1.165) is 0 Å². The fourth-order valence-electron chi connectivity index (χ4n) is 1.30. The zero-order valence-corrected chi connectivity index (χ0v) is 5.72. The van der Waals surface area contributed by atoms with Crippen molar-refractivity contribution in [2.45, 2.75) is 31.9 Å². The summed E-state index contributed by atoms with van der Waals surface area (Å²) in [4.78, 5) is 10.3. The predicted octanol–water partition coefficient (Wildman–Crippen LogP) is 1.60. The van der Waals surface area contributed by atoms with Crippen LogP contribution in [0, 0.1) is 5.92 Å². The molecule has 0 aromatic rings. The lowest BCUT2D eigenvalue weighted by atomic mass is 9.88. The van der Waals surface area contributed by atoms with Crippen molar-refractivity contribution in [3.63, 3.8) is 0 Å². The van der Waals surface area contributed by atoms with Gasteiger partial charge >= 0.3 is 5.97 Å². The maximum atomic E-state index is 12.4. The minimum atomic E-state index is -0.771. The molecule has 1 N–H and O–H groups in total. The lowest BCUT2D eigenvalue weighted by Gasteiger charge is -2.20. The Morgan fingerprint density at radius 3 is 2.20 bits per heavy atom. The fourth-order valence-corrected chi connectivity index (χ4v) is 1.30. The van der Waals surface area contributed by atoms with Crippen molar-refractivity contribution in [3.8, 4) is 0 Å². The van der Waals surface area contributed by atoms with Gasteiger partial charge in [-0.1, -0.05) is 0 Å². The molecule has 1 aliphatic rings. The summed E-state index contributed by atoms with van der Waals surface area (Å²) in [5, 5.41) is 8.50. The summed E-state index contributed by atoms with van der Waals surface area (Å²) in [6.07, 6.45) is 1.12. The molecule has 0 aliphatic heterocycles. The van der Waals surface area contributed by atoms with Crippen molar-refractivity contribution in [2.24, 2.45) is 5.92 Å². The highest BCUT2D eigenvalue weighted by Crippen LogP contribution is 2.25. The van der Waals surface area contributed by atoms with Crippen LogP contribution in [-0.2, 0) is 4.79 Å². The molecule has 10 heavy (non-hydrogen) atoms. The van der Waals surface area contributed by atoms with Gasteiger partial charge in [0.15, 0.2) is 0 Å². The average molecular weight is 145 g/mol. The van der Waals surface area contributed by atoms with Gasteiger partial charge in [0.05, 0.1) is 5.92 Å². The van der Waals surface area contributed by atoms with E-state index >= 15 is 0 Å². The molecule has 2 nitrogen and oxygen atoms in total. The lowest BCUT2D eigenvalue weighted by Crippen LogP contribution is -2.21. The molecule has 0 saturated heterocycles. The van der Waals surface area contributed by atoms with Crippen molar-refractivity contribution < 1.29 is 14.3 Å². The third kappa shape index (κ3) is 1.69. The Morgan fingerprint density at radius 2 is 1.80 bits per heavy atom. The van der Waals surface area contributed by atoms with E-state index in [4.69, 9.17) is 5.11 Å². The fraction of sp³-hybridized carbons (Fsp3) is 0.857. The maximum Gasteiger partial charge on any atom is 0.306 e. The Morgan fingerprint density at radius 1 is 1.30 bits per heavy atom. The standard InChI is InChI=1S/C7H11FO2/c8-6-3-1-5(2-4-6)7(9)10/h5-6H,1-4H2,(H,9,10)/i8-1. The second-order valence-corrected chi connectivity index (χ2v) is 2.79. The third-order valence-corrected chi connectivity index (χ3v) is 2.01. The summed E-state index contributed by atoms with van der Waals surface area (Å²) in [6.45, 7) is 0. The number of carboxylic acids is 1. The van der Waals surface area contributed by atoms with Crippen LogP contribution in [0.25, 0.3) is 0 Å². The summed E-state index contributed by atoms with van der Waals surface area (Å²) in [5.41, 5.74) is 0. The number of halogens is 1. The summed E-state index contributed by atoms with van der Waals surface area (Å²) in [6, 6.07) is 0. The number of aliphatic carboxylic acids is 1. The van der Waals surface area contributed by atoms with E-state index < -0.39 is 12.1 Å². The second-order valence-electron chi connectivity index (χ2n) is 2.79. The van der Waals surface area contributed by atoms with E-state index in [2.05, 4.69) is 0 Å². The maximum absolute atomic E-state index is 12.4. The Balaban J connectivity index is 2.33. The highest BCUT2D eigenvalue weighted by atomic mass is 18.2. The van der Waals surface area contributed by atoms with Gasteiger partial charge in [-0.05, 0) is 25.7 Å². The van der Waals surface area contributed by atoms with Crippen LogP contribution >= 0.6 is 0 Å². The van der Waals surface area contributed by atoms with Crippen LogP contribution in [0.15, 0.2) is 0 Å². The number of hydrogen-bond acceptors (Lipinski definition) is 1. The van der Waals surface area contributed by atoms with E-state index in [9.17, 15) is 9.18 Å². The molecule has 1 saturated carbocycles. The first-order valence-electron chi connectivity index (χ1n) is 3.57. The highest BCUT2D eigenvalue weighted by Gasteiger charge is 2.25. The first-order valence-corrected chi connectivity index (χ1v) is 3.57. The molecule has 58 valence electrons. The van der Waals surface area contributed by atoms with Crippen molar-refractivity contribution in [1.82, 2.24) is 0 Å². The predicted molar refractivity (Wildman–Crippen MR) is 34.5 cm³/mol. The quantitative estimate of drug-likeness (QED) is 0.608. The number of alkyl halides is 1. The topological polar surface area (TPSA) is 37.3 Å². The molecule has 0 unspecified atom stereocenters. The van der Waals surface area contributed by atoms with Crippen molar-refractivity contribution in [3.05, 3.63) is 0 Å². The molecule has 0 amide bonds. The van der Waals surface area contributed by atoms with Gasteiger partial charge in [0, 0.05) is 0 Å². The molecule has 1 fully saturated rings. The lowest BCUT2D eigenvalue weighted by molar-refractivity contribution is -0.143. The van der Waals surface area contributed by atoms with E-state index in [0.29, 0.717) is 25.7 Å². The average Bonchev–Trinajstić information content (AvgIpc) is 1.88. The molecule has 3 heteroatoms. The summed E-state index contributed by atoms with van der Waals surface area (Å²) in [7, 11) is 0. The molecule has 1 aliphatic carbocycles. The van der Waals surface area contributed by atoms with Gasteiger partial charge in [-0.25, -0.2) is 4.39 Å². The van der Waals surface area contributed by atoms with Crippen LogP contribution in [0.2, 0.25) is 0 Å². The largest absolute Gasteiger partial charge is 0.481 e. The summed E-state index contributed by atoms with van der Waals surface area (Å²) < 4.78 is 12.4. The van der Waals surface area contributed by atoms with E-state index in [1.54, 1.807) is 0 Å². The van der Waals surface area contributed by atoms with Crippen LogP contribution in [0.3, 0.4) is 0 Å². The van der Waals surface area contributed by atoms with Crippen LogP contribution in [0.5, 0.6) is 0 Å². The number of carbonyl (C=O) groups is 1.